The summed E-state index contributed by atoms with van der Waals surface area (Å²) >= 11 is 3.47. The molecule has 23 heavy (non-hydrogen) atoms. The van der Waals surface area contributed by atoms with E-state index in [1.54, 1.807) is 0 Å². The van der Waals surface area contributed by atoms with Crippen LogP contribution >= 0.6 is 15.9 Å². The summed E-state index contributed by atoms with van der Waals surface area (Å²) < 4.78 is 6.28. The molecule has 2 aromatic rings. The third kappa shape index (κ3) is 4.99. The van der Waals surface area contributed by atoms with E-state index >= 15 is 0 Å². The molecule has 0 saturated carbocycles. The van der Waals surface area contributed by atoms with E-state index in [1.807, 2.05) is 63.2 Å². The fraction of sp³-hybridized carbons (Fsp3) is 0.278. The van der Waals surface area contributed by atoms with Crippen LogP contribution in [0.2, 0.25) is 0 Å². The van der Waals surface area contributed by atoms with E-state index in [1.165, 1.54) is 0 Å². The van der Waals surface area contributed by atoms with E-state index < -0.39 is 0 Å². The Balaban J connectivity index is 1.96. The van der Waals surface area contributed by atoms with Crippen molar-refractivity contribution in [3.05, 3.63) is 52.5 Å². The topological polar surface area (TPSA) is 50.4 Å². The fourth-order valence-corrected chi connectivity index (χ4v) is 2.68. The second kappa shape index (κ2) is 8.02. The number of carbonyl (C=O) groups excluding carboxylic acids is 1. The summed E-state index contributed by atoms with van der Waals surface area (Å²) in [6.45, 7) is 6.42. The molecule has 0 fully saturated rings. The number of aryl methyl sites for hydroxylation is 1. The van der Waals surface area contributed by atoms with Crippen LogP contribution in [0.3, 0.4) is 0 Å². The molecule has 2 rings (SSSR count). The highest BCUT2D eigenvalue weighted by Gasteiger charge is 2.14. The van der Waals surface area contributed by atoms with Gasteiger partial charge in [0, 0.05) is 10.2 Å². The van der Waals surface area contributed by atoms with Gasteiger partial charge in [0.2, 0.25) is 5.91 Å². The van der Waals surface area contributed by atoms with Crippen LogP contribution in [0.4, 0.5) is 11.4 Å². The smallest absolute Gasteiger partial charge is 0.246 e. The second-order valence-electron chi connectivity index (χ2n) is 5.30. The van der Waals surface area contributed by atoms with Gasteiger partial charge >= 0.3 is 0 Å². The van der Waals surface area contributed by atoms with Crippen LogP contribution in [-0.2, 0) is 4.79 Å². The van der Waals surface area contributed by atoms with Crippen molar-refractivity contribution >= 4 is 33.2 Å². The third-order valence-electron chi connectivity index (χ3n) is 3.32. The summed E-state index contributed by atoms with van der Waals surface area (Å²) in [4.78, 5) is 12.3. The molecule has 4 nitrogen and oxygen atoms in total. The lowest BCUT2D eigenvalue weighted by atomic mass is 10.2. The first-order valence-corrected chi connectivity index (χ1v) is 8.35. The number of carbonyl (C=O) groups is 1. The van der Waals surface area contributed by atoms with Gasteiger partial charge in [0.05, 0.1) is 12.3 Å². The molecule has 0 aliphatic carbocycles. The van der Waals surface area contributed by atoms with E-state index in [9.17, 15) is 4.79 Å². The number of benzene rings is 2. The van der Waals surface area contributed by atoms with E-state index in [0.717, 1.165) is 27.2 Å². The molecule has 0 saturated heterocycles. The maximum Gasteiger partial charge on any atom is 0.246 e. The van der Waals surface area contributed by atoms with Crippen LogP contribution in [0.25, 0.3) is 0 Å². The number of rotatable bonds is 6. The van der Waals surface area contributed by atoms with Crippen LogP contribution in [0.1, 0.15) is 19.4 Å². The van der Waals surface area contributed by atoms with Gasteiger partial charge in [-0.15, -0.1) is 0 Å². The standard InChI is InChI=1S/C18H21BrN2O2/c1-4-23-15-8-6-14(7-9-15)20-13(3)18(22)21-17-10-5-12(2)11-16(17)19/h5-11,13,20H,4H2,1-3H3,(H,21,22)/t13-/m0/s1. The predicted molar refractivity (Wildman–Crippen MR) is 98.2 cm³/mol. The number of nitrogens with one attached hydrogen (secondary N) is 2. The Labute approximate surface area is 145 Å². The minimum Gasteiger partial charge on any atom is -0.494 e. The highest BCUT2D eigenvalue weighted by molar-refractivity contribution is 9.10. The van der Waals surface area contributed by atoms with Gasteiger partial charge in [-0.1, -0.05) is 6.07 Å². The quantitative estimate of drug-likeness (QED) is 0.774. The summed E-state index contributed by atoms with van der Waals surface area (Å²) in [6.07, 6.45) is 0. The maximum absolute atomic E-state index is 12.3. The molecule has 5 heteroatoms. The van der Waals surface area contributed by atoms with Crippen molar-refractivity contribution in [3.8, 4) is 5.75 Å². The number of halogens is 1. The molecule has 122 valence electrons. The van der Waals surface area contributed by atoms with Crippen molar-refractivity contribution in [1.29, 1.82) is 0 Å². The number of hydrogen-bond donors (Lipinski definition) is 2. The maximum atomic E-state index is 12.3. The molecule has 0 aliphatic heterocycles. The van der Waals surface area contributed by atoms with Crippen molar-refractivity contribution < 1.29 is 9.53 Å². The van der Waals surface area contributed by atoms with E-state index in [-0.39, 0.29) is 11.9 Å². The first-order chi connectivity index (χ1) is 11.0. The number of ether oxygens (including phenoxy) is 1. The van der Waals surface area contributed by atoms with Crippen LogP contribution < -0.4 is 15.4 Å². The molecule has 0 spiro atoms. The van der Waals surface area contributed by atoms with Gasteiger partial charge in [0.25, 0.3) is 0 Å². The Morgan fingerprint density at radius 1 is 1.22 bits per heavy atom. The number of hydrogen-bond acceptors (Lipinski definition) is 3. The average molecular weight is 377 g/mol. The number of amides is 1. The Kier molecular flexibility index (Phi) is 6.04. The van der Waals surface area contributed by atoms with Gasteiger partial charge in [-0.2, -0.15) is 0 Å². The molecule has 1 amide bonds. The fourth-order valence-electron chi connectivity index (χ4n) is 2.09. The zero-order valence-corrected chi connectivity index (χ0v) is 15.1. The normalized spacial score (nSPS) is 11.7. The molecular weight excluding hydrogens is 356 g/mol. The van der Waals surface area contributed by atoms with Gasteiger partial charge in [-0.3, -0.25) is 4.79 Å². The molecule has 1 atom stereocenters. The molecule has 0 radical (unpaired) electrons. The summed E-state index contributed by atoms with van der Waals surface area (Å²) in [5.74, 6) is 0.724. The van der Waals surface area contributed by atoms with E-state index in [0.29, 0.717) is 6.61 Å². The average Bonchev–Trinajstić information content (AvgIpc) is 2.52. The van der Waals surface area contributed by atoms with Crippen molar-refractivity contribution in [2.45, 2.75) is 26.8 Å². The third-order valence-corrected chi connectivity index (χ3v) is 3.98. The zero-order valence-electron chi connectivity index (χ0n) is 13.5. The van der Waals surface area contributed by atoms with Gasteiger partial charge in [-0.25, -0.2) is 0 Å². The first kappa shape index (κ1) is 17.3. The minimum atomic E-state index is -0.360. The van der Waals surface area contributed by atoms with Crippen LogP contribution in [-0.4, -0.2) is 18.6 Å². The SMILES string of the molecule is CCOc1ccc(N[C@@H](C)C(=O)Nc2ccc(C)cc2Br)cc1. The van der Waals surface area contributed by atoms with Crippen molar-refractivity contribution in [2.24, 2.45) is 0 Å². The monoisotopic (exact) mass is 376 g/mol. The highest BCUT2D eigenvalue weighted by atomic mass is 79.9. The summed E-state index contributed by atoms with van der Waals surface area (Å²) in [5.41, 5.74) is 2.77. The second-order valence-corrected chi connectivity index (χ2v) is 6.15. The minimum absolute atomic E-state index is 0.0940. The van der Waals surface area contributed by atoms with Gasteiger partial charge in [-0.05, 0) is 78.7 Å². The van der Waals surface area contributed by atoms with E-state index in [2.05, 4.69) is 26.6 Å². The molecule has 0 heterocycles. The van der Waals surface area contributed by atoms with Crippen molar-refractivity contribution in [2.75, 3.05) is 17.2 Å². The van der Waals surface area contributed by atoms with Gasteiger partial charge in [0.15, 0.2) is 0 Å². The van der Waals surface area contributed by atoms with Crippen LogP contribution in [0.15, 0.2) is 46.9 Å². The summed E-state index contributed by atoms with van der Waals surface area (Å²) in [6, 6.07) is 13.0. The largest absolute Gasteiger partial charge is 0.494 e. The first-order valence-electron chi connectivity index (χ1n) is 7.56. The molecule has 0 unspecified atom stereocenters. The molecular formula is C18H21BrN2O2. The lowest BCUT2D eigenvalue weighted by Crippen LogP contribution is -2.31. The Morgan fingerprint density at radius 2 is 1.91 bits per heavy atom. The lowest BCUT2D eigenvalue weighted by Gasteiger charge is -2.16. The van der Waals surface area contributed by atoms with Gasteiger partial charge < -0.3 is 15.4 Å². The molecule has 0 aliphatic rings. The van der Waals surface area contributed by atoms with Crippen LogP contribution in [0.5, 0.6) is 5.75 Å². The molecule has 2 N–H and O–H groups in total. The number of anilines is 2. The molecule has 2 aromatic carbocycles. The molecule has 0 bridgehead atoms. The highest BCUT2D eigenvalue weighted by Crippen LogP contribution is 2.24. The summed E-state index contributed by atoms with van der Waals surface area (Å²) in [7, 11) is 0. The Bertz CT molecular complexity index is 671. The van der Waals surface area contributed by atoms with E-state index in [4.69, 9.17) is 4.74 Å². The Hall–Kier alpha value is -2.01. The van der Waals surface area contributed by atoms with Gasteiger partial charge in [0.1, 0.15) is 11.8 Å². The van der Waals surface area contributed by atoms with Crippen LogP contribution in [0, 0.1) is 6.92 Å². The predicted octanol–water partition coefficient (Wildman–Crippen LogP) is 4.60. The molecule has 0 aromatic heterocycles. The lowest BCUT2D eigenvalue weighted by molar-refractivity contribution is -0.116. The Morgan fingerprint density at radius 3 is 2.52 bits per heavy atom. The van der Waals surface area contributed by atoms with Crippen molar-refractivity contribution in [1.82, 2.24) is 0 Å². The van der Waals surface area contributed by atoms with Crippen molar-refractivity contribution in [3.63, 3.8) is 0 Å². The zero-order chi connectivity index (χ0) is 16.8. The summed E-state index contributed by atoms with van der Waals surface area (Å²) in [5, 5.41) is 6.10.